The highest BCUT2D eigenvalue weighted by atomic mass is 16.5. The molecule has 0 heterocycles. The lowest BCUT2D eigenvalue weighted by molar-refractivity contribution is 0.280. The number of methoxy groups -OCH3 is 1. The van der Waals surface area contributed by atoms with Crippen LogP contribution in [0.5, 0.6) is 5.75 Å². The molecule has 0 spiro atoms. The van der Waals surface area contributed by atoms with Gasteiger partial charge in [0, 0.05) is 0 Å². The van der Waals surface area contributed by atoms with Gasteiger partial charge in [-0.2, -0.15) is 0 Å². The van der Waals surface area contributed by atoms with Crippen LogP contribution < -0.4 is 4.74 Å². The van der Waals surface area contributed by atoms with Crippen LogP contribution in [0.2, 0.25) is 0 Å². The minimum atomic E-state index is 0.0928. The van der Waals surface area contributed by atoms with Crippen LogP contribution >= 0.6 is 0 Å². The topological polar surface area (TPSA) is 29.5 Å². The molecule has 1 aromatic carbocycles. The number of aliphatic hydroxyl groups excluding tert-OH is 1. The fourth-order valence-electron chi connectivity index (χ4n) is 1.54. The van der Waals surface area contributed by atoms with Crippen LogP contribution in [0.3, 0.4) is 0 Å². The van der Waals surface area contributed by atoms with Crippen molar-refractivity contribution >= 4 is 0 Å². The van der Waals surface area contributed by atoms with Crippen molar-refractivity contribution in [2.45, 2.75) is 33.3 Å². The van der Waals surface area contributed by atoms with Crippen LogP contribution in [0, 0.1) is 6.92 Å². The van der Waals surface area contributed by atoms with Crippen molar-refractivity contribution in [2.24, 2.45) is 0 Å². The van der Waals surface area contributed by atoms with E-state index in [1.165, 1.54) is 0 Å². The van der Waals surface area contributed by atoms with Crippen molar-refractivity contribution in [3.8, 4) is 5.75 Å². The fraction of sp³-hybridized carbons (Fsp3) is 0.500. The van der Waals surface area contributed by atoms with Crippen LogP contribution in [0.1, 0.15) is 36.5 Å². The summed E-state index contributed by atoms with van der Waals surface area (Å²) in [6, 6.07) is 4.01. The molecule has 78 valence electrons. The summed E-state index contributed by atoms with van der Waals surface area (Å²) >= 11 is 0. The molecule has 1 aromatic rings. The molecule has 0 saturated carbocycles. The Kier molecular flexibility index (Phi) is 3.53. The van der Waals surface area contributed by atoms with Gasteiger partial charge in [-0.15, -0.1) is 0 Å². The van der Waals surface area contributed by atoms with Crippen molar-refractivity contribution in [3.05, 3.63) is 28.8 Å². The zero-order valence-electron chi connectivity index (χ0n) is 9.29. The van der Waals surface area contributed by atoms with Crippen LogP contribution in [0.25, 0.3) is 0 Å². The molecule has 0 aliphatic rings. The summed E-state index contributed by atoms with van der Waals surface area (Å²) in [5.41, 5.74) is 3.21. The zero-order valence-corrected chi connectivity index (χ0v) is 9.29. The maximum Gasteiger partial charge on any atom is 0.122 e. The second kappa shape index (κ2) is 4.47. The Balaban J connectivity index is 3.25. The number of rotatable bonds is 3. The van der Waals surface area contributed by atoms with Crippen molar-refractivity contribution in [1.29, 1.82) is 0 Å². The summed E-state index contributed by atoms with van der Waals surface area (Å²) in [6.07, 6.45) is 0. The third-order valence-corrected chi connectivity index (χ3v) is 2.48. The van der Waals surface area contributed by atoms with Gasteiger partial charge in [-0.05, 0) is 41.7 Å². The van der Waals surface area contributed by atoms with E-state index >= 15 is 0 Å². The minimum Gasteiger partial charge on any atom is -0.496 e. The quantitative estimate of drug-likeness (QED) is 0.801. The molecule has 0 saturated heterocycles. The van der Waals surface area contributed by atoms with Gasteiger partial charge < -0.3 is 9.84 Å². The monoisotopic (exact) mass is 194 g/mol. The zero-order chi connectivity index (χ0) is 10.7. The fourth-order valence-corrected chi connectivity index (χ4v) is 1.54. The molecule has 1 rings (SSSR count). The van der Waals surface area contributed by atoms with Gasteiger partial charge in [0.25, 0.3) is 0 Å². The van der Waals surface area contributed by atoms with Crippen molar-refractivity contribution in [2.75, 3.05) is 7.11 Å². The summed E-state index contributed by atoms with van der Waals surface area (Å²) in [4.78, 5) is 0. The van der Waals surface area contributed by atoms with E-state index in [1.54, 1.807) is 7.11 Å². The minimum absolute atomic E-state index is 0.0928. The van der Waals surface area contributed by atoms with Gasteiger partial charge in [0.05, 0.1) is 13.7 Å². The SMILES string of the molecule is COc1cc(C)c(CO)cc1C(C)C. The van der Waals surface area contributed by atoms with Crippen LogP contribution in [0.15, 0.2) is 12.1 Å². The highest BCUT2D eigenvalue weighted by Crippen LogP contribution is 2.29. The predicted molar refractivity (Wildman–Crippen MR) is 57.7 cm³/mol. The molecule has 0 aliphatic carbocycles. The molecular weight excluding hydrogens is 176 g/mol. The molecule has 2 heteroatoms. The maximum atomic E-state index is 9.15. The second-order valence-corrected chi connectivity index (χ2v) is 3.83. The molecule has 0 fully saturated rings. The first kappa shape index (κ1) is 11.1. The van der Waals surface area contributed by atoms with Crippen molar-refractivity contribution in [1.82, 2.24) is 0 Å². The van der Waals surface area contributed by atoms with Gasteiger partial charge in [0.1, 0.15) is 5.75 Å². The van der Waals surface area contributed by atoms with E-state index in [2.05, 4.69) is 13.8 Å². The highest BCUT2D eigenvalue weighted by Gasteiger charge is 2.10. The number of aliphatic hydroxyl groups is 1. The number of ether oxygens (including phenoxy) is 1. The number of hydrogen-bond donors (Lipinski definition) is 1. The average molecular weight is 194 g/mol. The summed E-state index contributed by atoms with van der Waals surface area (Å²) in [7, 11) is 1.68. The molecule has 0 radical (unpaired) electrons. The molecule has 0 atom stereocenters. The van der Waals surface area contributed by atoms with Gasteiger partial charge in [-0.25, -0.2) is 0 Å². The van der Waals surface area contributed by atoms with E-state index in [9.17, 15) is 0 Å². The van der Waals surface area contributed by atoms with Crippen molar-refractivity contribution in [3.63, 3.8) is 0 Å². The molecule has 0 bridgehead atoms. The van der Waals surface area contributed by atoms with Crippen molar-refractivity contribution < 1.29 is 9.84 Å². The average Bonchev–Trinajstić information content (AvgIpc) is 2.16. The summed E-state index contributed by atoms with van der Waals surface area (Å²) < 4.78 is 5.31. The summed E-state index contributed by atoms with van der Waals surface area (Å²) in [5, 5.41) is 9.15. The molecule has 2 nitrogen and oxygen atoms in total. The number of benzene rings is 1. The lowest BCUT2D eigenvalue weighted by Crippen LogP contribution is -1.98. The summed E-state index contributed by atoms with van der Waals surface area (Å²) in [6.45, 7) is 6.32. The Bertz CT molecular complexity index is 316. The van der Waals surface area contributed by atoms with E-state index in [1.807, 2.05) is 19.1 Å². The Morgan fingerprint density at radius 1 is 1.36 bits per heavy atom. The standard InChI is InChI=1S/C12H18O2/c1-8(2)11-6-10(7-13)9(3)5-12(11)14-4/h5-6,8,13H,7H2,1-4H3. The number of hydrogen-bond acceptors (Lipinski definition) is 2. The largest absolute Gasteiger partial charge is 0.496 e. The summed E-state index contributed by atoms with van der Waals surface area (Å²) in [5.74, 6) is 1.32. The Morgan fingerprint density at radius 3 is 2.43 bits per heavy atom. The molecule has 0 amide bonds. The number of aryl methyl sites for hydroxylation is 1. The van der Waals surface area contributed by atoms with Gasteiger partial charge >= 0.3 is 0 Å². The Hall–Kier alpha value is -1.02. The smallest absolute Gasteiger partial charge is 0.122 e. The molecule has 0 aromatic heterocycles. The van der Waals surface area contributed by atoms with Crippen LogP contribution in [-0.2, 0) is 6.61 Å². The van der Waals surface area contributed by atoms with Crippen LogP contribution in [0.4, 0.5) is 0 Å². The Morgan fingerprint density at radius 2 is 2.00 bits per heavy atom. The van der Waals surface area contributed by atoms with E-state index < -0.39 is 0 Å². The lowest BCUT2D eigenvalue weighted by Gasteiger charge is -2.14. The molecular formula is C12H18O2. The third kappa shape index (κ3) is 2.07. The molecule has 14 heavy (non-hydrogen) atoms. The first-order valence-electron chi connectivity index (χ1n) is 4.88. The van der Waals surface area contributed by atoms with E-state index in [0.29, 0.717) is 5.92 Å². The van der Waals surface area contributed by atoms with E-state index in [-0.39, 0.29) is 6.61 Å². The van der Waals surface area contributed by atoms with Gasteiger partial charge in [-0.3, -0.25) is 0 Å². The predicted octanol–water partition coefficient (Wildman–Crippen LogP) is 2.62. The van der Waals surface area contributed by atoms with Gasteiger partial charge in [0.15, 0.2) is 0 Å². The molecule has 1 N–H and O–H groups in total. The third-order valence-electron chi connectivity index (χ3n) is 2.48. The normalized spacial score (nSPS) is 10.7. The van der Waals surface area contributed by atoms with Gasteiger partial charge in [0.2, 0.25) is 0 Å². The molecule has 0 aliphatic heterocycles. The van der Waals surface area contributed by atoms with Gasteiger partial charge in [-0.1, -0.05) is 13.8 Å². The first-order valence-corrected chi connectivity index (χ1v) is 4.88. The van der Waals surface area contributed by atoms with Crippen LogP contribution in [-0.4, -0.2) is 12.2 Å². The Labute approximate surface area is 85.5 Å². The van der Waals surface area contributed by atoms with E-state index in [0.717, 1.165) is 22.4 Å². The maximum absolute atomic E-state index is 9.15. The lowest BCUT2D eigenvalue weighted by atomic mass is 9.97. The van der Waals surface area contributed by atoms with E-state index in [4.69, 9.17) is 9.84 Å². The second-order valence-electron chi connectivity index (χ2n) is 3.83. The highest BCUT2D eigenvalue weighted by molar-refractivity contribution is 5.43. The first-order chi connectivity index (χ1) is 6.60. The molecule has 0 unspecified atom stereocenters.